The third-order valence-corrected chi connectivity index (χ3v) is 6.20. The average molecular weight is 360 g/mol. The number of nitrogens with zero attached hydrogens (tertiary/aromatic N) is 2. The summed E-state index contributed by atoms with van der Waals surface area (Å²) in [7, 11) is 0. The van der Waals surface area contributed by atoms with E-state index in [2.05, 4.69) is 20.3 Å². The van der Waals surface area contributed by atoms with E-state index in [1.807, 2.05) is 12.3 Å². The fraction of sp³-hybridized carbons (Fsp3) is 0.286. The van der Waals surface area contributed by atoms with Crippen LogP contribution in [0.25, 0.3) is 22.5 Å². The number of carbonyl (C=O) groups excluding carboxylic acids is 1. The van der Waals surface area contributed by atoms with E-state index >= 15 is 0 Å². The van der Waals surface area contributed by atoms with E-state index in [9.17, 15) is 9.18 Å². The number of amides is 1. The number of aryl methyl sites for hydroxylation is 1. The SMILES string of the molecule is O=C1NCC2(CC2)c2[nH]c3c(c21)CCc1cnc(-c2cncc(F)c2)cc1-3. The maximum atomic E-state index is 13.6. The highest BCUT2D eigenvalue weighted by molar-refractivity contribution is 6.01. The quantitative estimate of drug-likeness (QED) is 0.700. The first-order valence-electron chi connectivity index (χ1n) is 9.28. The molecule has 1 saturated carbocycles. The number of hydrogen-bond donors (Lipinski definition) is 2. The summed E-state index contributed by atoms with van der Waals surface area (Å²) in [5.74, 6) is -0.345. The maximum absolute atomic E-state index is 13.6. The summed E-state index contributed by atoms with van der Waals surface area (Å²) < 4.78 is 13.6. The first kappa shape index (κ1) is 15.1. The predicted molar refractivity (Wildman–Crippen MR) is 97.9 cm³/mol. The van der Waals surface area contributed by atoms with Gasteiger partial charge in [-0.15, -0.1) is 0 Å². The highest BCUT2D eigenvalue weighted by Gasteiger charge is 2.51. The van der Waals surface area contributed by atoms with Crippen LogP contribution < -0.4 is 5.32 Å². The number of nitrogens with one attached hydrogen (secondary N) is 2. The number of halogens is 1. The molecule has 5 nitrogen and oxygen atoms in total. The summed E-state index contributed by atoms with van der Waals surface area (Å²) in [6.45, 7) is 0.724. The molecule has 1 spiro atoms. The van der Waals surface area contributed by atoms with Crippen molar-refractivity contribution in [2.24, 2.45) is 0 Å². The molecule has 0 unspecified atom stereocenters. The largest absolute Gasteiger partial charge is 0.357 e. The molecule has 3 aliphatic rings. The number of hydrogen-bond acceptors (Lipinski definition) is 3. The molecule has 0 atom stereocenters. The molecule has 3 aromatic rings. The minimum atomic E-state index is -0.379. The molecule has 1 amide bonds. The monoisotopic (exact) mass is 360 g/mol. The van der Waals surface area contributed by atoms with Crippen molar-refractivity contribution in [2.75, 3.05) is 6.54 Å². The van der Waals surface area contributed by atoms with Crippen molar-refractivity contribution in [3.05, 3.63) is 58.9 Å². The Morgan fingerprint density at radius 2 is 2.00 bits per heavy atom. The second-order valence-electron chi connectivity index (χ2n) is 7.81. The summed E-state index contributed by atoms with van der Waals surface area (Å²) in [5, 5.41) is 3.07. The van der Waals surface area contributed by atoms with Crippen molar-refractivity contribution in [2.45, 2.75) is 31.1 Å². The van der Waals surface area contributed by atoms with Crippen molar-refractivity contribution in [1.82, 2.24) is 20.3 Å². The normalized spacial score (nSPS) is 18.5. The summed E-state index contributed by atoms with van der Waals surface area (Å²) in [5.41, 5.74) is 7.74. The summed E-state index contributed by atoms with van der Waals surface area (Å²) in [6.07, 6.45) is 8.58. The molecule has 2 aliphatic carbocycles. The lowest BCUT2D eigenvalue weighted by molar-refractivity contribution is 0.0936. The van der Waals surface area contributed by atoms with E-state index < -0.39 is 0 Å². The Balaban J connectivity index is 1.55. The zero-order valence-corrected chi connectivity index (χ0v) is 14.6. The Labute approximate surface area is 155 Å². The molecule has 6 rings (SSSR count). The molecule has 1 fully saturated rings. The number of rotatable bonds is 1. The van der Waals surface area contributed by atoms with E-state index in [-0.39, 0.29) is 17.1 Å². The van der Waals surface area contributed by atoms with Crippen molar-refractivity contribution in [1.29, 1.82) is 0 Å². The Kier molecular flexibility index (Phi) is 2.81. The molecule has 1 aliphatic heterocycles. The van der Waals surface area contributed by atoms with E-state index in [1.165, 1.54) is 12.3 Å². The van der Waals surface area contributed by atoms with E-state index in [1.54, 1.807) is 6.20 Å². The third kappa shape index (κ3) is 2.07. The standard InChI is InChI=1S/C21H17FN4O/c22-13-5-12(7-23-9-13)16-6-15-11(8-24-16)1-2-14-17-19(26-18(14)15)21(3-4-21)10-25-20(17)27/h5-9,26H,1-4,10H2,(H,25,27). The van der Waals surface area contributed by atoms with Gasteiger partial charge in [-0.05, 0) is 48.9 Å². The van der Waals surface area contributed by atoms with E-state index in [4.69, 9.17) is 0 Å². The van der Waals surface area contributed by atoms with Gasteiger partial charge in [-0.3, -0.25) is 14.8 Å². The van der Waals surface area contributed by atoms with Gasteiger partial charge in [0.2, 0.25) is 0 Å². The Bertz CT molecular complexity index is 1130. The van der Waals surface area contributed by atoms with Crippen molar-refractivity contribution < 1.29 is 9.18 Å². The van der Waals surface area contributed by atoms with Gasteiger partial charge in [0.1, 0.15) is 5.82 Å². The second kappa shape index (κ2) is 5.03. The van der Waals surface area contributed by atoms with Crippen LogP contribution in [0, 0.1) is 5.82 Å². The van der Waals surface area contributed by atoms with Crippen LogP contribution in [0.3, 0.4) is 0 Å². The van der Waals surface area contributed by atoms with Gasteiger partial charge in [0.25, 0.3) is 5.91 Å². The molecule has 0 bridgehead atoms. The van der Waals surface area contributed by atoms with Gasteiger partial charge in [0, 0.05) is 41.2 Å². The zero-order valence-electron chi connectivity index (χ0n) is 14.6. The molecular weight excluding hydrogens is 343 g/mol. The summed E-state index contributed by atoms with van der Waals surface area (Å²) in [4.78, 5) is 24.6. The molecule has 3 aromatic heterocycles. The van der Waals surface area contributed by atoms with E-state index in [0.717, 1.165) is 65.9 Å². The first-order valence-corrected chi connectivity index (χ1v) is 9.28. The van der Waals surface area contributed by atoms with Gasteiger partial charge in [-0.25, -0.2) is 4.39 Å². The minimum Gasteiger partial charge on any atom is -0.357 e. The molecule has 27 heavy (non-hydrogen) atoms. The molecule has 0 aromatic carbocycles. The van der Waals surface area contributed by atoms with Crippen LogP contribution in [0.1, 0.15) is 40.0 Å². The number of pyridine rings is 2. The first-order chi connectivity index (χ1) is 13.1. The molecule has 134 valence electrons. The lowest BCUT2D eigenvalue weighted by Crippen LogP contribution is -2.39. The number of fused-ring (bicyclic) bond motifs is 6. The summed E-state index contributed by atoms with van der Waals surface area (Å²) in [6, 6.07) is 3.43. The van der Waals surface area contributed by atoms with E-state index in [0.29, 0.717) is 11.3 Å². The average Bonchev–Trinajstić information content (AvgIpc) is 3.34. The van der Waals surface area contributed by atoms with Crippen molar-refractivity contribution in [3.8, 4) is 22.5 Å². The number of H-pyrrole nitrogens is 1. The smallest absolute Gasteiger partial charge is 0.253 e. The fourth-order valence-corrected chi connectivity index (χ4v) is 4.56. The molecule has 0 radical (unpaired) electrons. The lowest BCUT2D eigenvalue weighted by Gasteiger charge is -2.23. The van der Waals surface area contributed by atoms with Crippen LogP contribution in [-0.4, -0.2) is 27.4 Å². The predicted octanol–water partition coefficient (Wildman–Crippen LogP) is 3.15. The van der Waals surface area contributed by atoms with Gasteiger partial charge < -0.3 is 10.3 Å². The molecule has 2 N–H and O–H groups in total. The van der Waals surface area contributed by atoms with Gasteiger partial charge in [-0.1, -0.05) is 0 Å². The van der Waals surface area contributed by atoms with Crippen LogP contribution in [-0.2, 0) is 18.3 Å². The number of carbonyl (C=O) groups is 1. The van der Waals surface area contributed by atoms with Crippen LogP contribution in [0.15, 0.2) is 30.7 Å². The highest BCUT2D eigenvalue weighted by Crippen LogP contribution is 2.52. The zero-order chi connectivity index (χ0) is 18.2. The summed E-state index contributed by atoms with van der Waals surface area (Å²) >= 11 is 0. The van der Waals surface area contributed by atoms with Gasteiger partial charge in [0.05, 0.1) is 23.1 Å². The van der Waals surface area contributed by atoms with Crippen molar-refractivity contribution in [3.63, 3.8) is 0 Å². The highest BCUT2D eigenvalue weighted by atomic mass is 19.1. The third-order valence-electron chi connectivity index (χ3n) is 6.20. The molecule has 6 heteroatoms. The van der Waals surface area contributed by atoms with Crippen LogP contribution in [0.5, 0.6) is 0 Å². The molecular formula is C21H17FN4O. The van der Waals surface area contributed by atoms with Crippen LogP contribution in [0.4, 0.5) is 4.39 Å². The lowest BCUT2D eigenvalue weighted by atomic mass is 9.86. The van der Waals surface area contributed by atoms with Crippen LogP contribution >= 0.6 is 0 Å². The molecule has 4 heterocycles. The van der Waals surface area contributed by atoms with Gasteiger partial charge in [0.15, 0.2) is 0 Å². The van der Waals surface area contributed by atoms with Gasteiger partial charge >= 0.3 is 0 Å². The fourth-order valence-electron chi connectivity index (χ4n) is 4.56. The molecule has 0 saturated heterocycles. The van der Waals surface area contributed by atoms with Crippen LogP contribution in [0.2, 0.25) is 0 Å². The maximum Gasteiger partial charge on any atom is 0.253 e. The number of aromatic amines is 1. The topological polar surface area (TPSA) is 70.7 Å². The Morgan fingerprint density at radius 1 is 1.11 bits per heavy atom. The van der Waals surface area contributed by atoms with Gasteiger partial charge in [-0.2, -0.15) is 0 Å². The van der Waals surface area contributed by atoms with Crippen molar-refractivity contribution >= 4 is 5.91 Å². The Hall–Kier alpha value is -3.02. The Morgan fingerprint density at radius 3 is 2.81 bits per heavy atom. The number of aromatic nitrogens is 3. The second-order valence-corrected chi connectivity index (χ2v) is 7.81. The minimum absolute atomic E-state index is 0.0343.